The molecule has 1 N–H and O–H groups in total. The molecule has 0 saturated carbocycles. The number of fused-ring (bicyclic) bond motifs is 1. The van der Waals surface area contributed by atoms with Crippen molar-refractivity contribution < 1.29 is 13.2 Å². The minimum Gasteiger partial charge on any atom is -0.348 e. The van der Waals surface area contributed by atoms with E-state index in [1.165, 1.54) is 11.8 Å². The van der Waals surface area contributed by atoms with Crippen LogP contribution in [-0.4, -0.2) is 25.8 Å². The summed E-state index contributed by atoms with van der Waals surface area (Å²) in [6, 6.07) is 12.6. The predicted molar refractivity (Wildman–Crippen MR) is 104 cm³/mol. The van der Waals surface area contributed by atoms with Gasteiger partial charge in [-0.3, -0.25) is 4.79 Å². The first kappa shape index (κ1) is 18.5. The molecule has 2 aromatic rings. The molecule has 0 bridgehead atoms. The van der Waals surface area contributed by atoms with Gasteiger partial charge < -0.3 is 5.32 Å². The Morgan fingerprint density at radius 1 is 1.28 bits per heavy atom. The highest BCUT2D eigenvalue weighted by Gasteiger charge is 2.30. The van der Waals surface area contributed by atoms with Crippen molar-refractivity contribution in [2.24, 2.45) is 0 Å². The van der Waals surface area contributed by atoms with Crippen molar-refractivity contribution in [3.05, 3.63) is 58.1 Å². The Labute approximate surface area is 160 Å². The topological polar surface area (TPSA) is 63.2 Å². The van der Waals surface area contributed by atoms with Crippen LogP contribution in [0.3, 0.4) is 0 Å². The third-order valence-corrected chi connectivity index (χ3v) is 7.62. The van der Waals surface area contributed by atoms with E-state index in [0.29, 0.717) is 22.6 Å². The summed E-state index contributed by atoms with van der Waals surface area (Å²) >= 11 is 4.91. The summed E-state index contributed by atoms with van der Waals surface area (Å²) in [5, 5.41) is 2.98. The van der Waals surface area contributed by atoms with Crippen molar-refractivity contribution >= 4 is 43.4 Å². The second-order valence-electron chi connectivity index (χ2n) is 5.96. The highest BCUT2D eigenvalue weighted by molar-refractivity contribution is 9.10. The molecule has 0 fully saturated rings. The Hall–Kier alpha value is -1.31. The molecule has 25 heavy (non-hydrogen) atoms. The maximum atomic E-state index is 12.3. The summed E-state index contributed by atoms with van der Waals surface area (Å²) in [6.45, 7) is 2.01. The largest absolute Gasteiger partial charge is 0.348 e. The van der Waals surface area contributed by atoms with E-state index < -0.39 is 9.84 Å². The number of carbonyl (C=O) groups is 1. The second-order valence-corrected chi connectivity index (χ2v) is 9.97. The fraction of sp³-hybridized carbons (Fsp3) is 0.278. The standard InChI is InChI=1S/C18H18BrNO3S2/c1-12-10-13(19)6-7-16(12)24-11-18(21)20-15-8-9-25(22,23)17-5-3-2-4-14(15)17/h2-7,10,15H,8-9,11H2,1H3,(H,20,21). The van der Waals surface area contributed by atoms with Crippen molar-refractivity contribution in [2.75, 3.05) is 11.5 Å². The van der Waals surface area contributed by atoms with Gasteiger partial charge >= 0.3 is 0 Å². The summed E-state index contributed by atoms with van der Waals surface area (Å²) in [5.41, 5.74) is 1.80. The Bertz CT molecular complexity index is 912. The monoisotopic (exact) mass is 439 g/mol. The lowest BCUT2D eigenvalue weighted by Crippen LogP contribution is -2.34. The highest BCUT2D eigenvalue weighted by Crippen LogP contribution is 2.32. The van der Waals surface area contributed by atoms with E-state index in [4.69, 9.17) is 0 Å². The number of sulfone groups is 1. The maximum Gasteiger partial charge on any atom is 0.230 e. The molecule has 0 radical (unpaired) electrons. The highest BCUT2D eigenvalue weighted by atomic mass is 79.9. The Morgan fingerprint density at radius 2 is 2.04 bits per heavy atom. The Kier molecular flexibility index (Phi) is 5.55. The number of amides is 1. The molecular formula is C18H18BrNO3S2. The zero-order valence-corrected chi connectivity index (χ0v) is 16.9. The van der Waals surface area contributed by atoms with Gasteiger partial charge in [0.1, 0.15) is 0 Å². The molecule has 2 aromatic carbocycles. The second kappa shape index (κ2) is 7.51. The smallest absolute Gasteiger partial charge is 0.230 e. The number of thioether (sulfide) groups is 1. The number of hydrogen-bond acceptors (Lipinski definition) is 4. The molecule has 1 aliphatic rings. The SMILES string of the molecule is Cc1cc(Br)ccc1SCC(=O)NC1CCS(=O)(=O)c2ccccc21. The molecule has 1 aliphatic heterocycles. The van der Waals surface area contributed by atoms with E-state index >= 15 is 0 Å². The molecule has 0 saturated heterocycles. The van der Waals surface area contributed by atoms with Gasteiger partial charge in [0.15, 0.2) is 9.84 Å². The average molecular weight is 440 g/mol. The number of carbonyl (C=O) groups excluding carboxylic acids is 1. The van der Waals surface area contributed by atoms with E-state index in [2.05, 4.69) is 21.2 Å². The minimum absolute atomic E-state index is 0.0634. The molecule has 7 heteroatoms. The van der Waals surface area contributed by atoms with Gasteiger partial charge in [0.05, 0.1) is 22.4 Å². The third kappa shape index (κ3) is 4.27. The van der Waals surface area contributed by atoms with Crippen LogP contribution in [0.2, 0.25) is 0 Å². The van der Waals surface area contributed by atoms with E-state index in [9.17, 15) is 13.2 Å². The van der Waals surface area contributed by atoms with Crippen LogP contribution in [0.1, 0.15) is 23.6 Å². The molecule has 3 rings (SSSR count). The fourth-order valence-corrected chi connectivity index (χ4v) is 5.81. The maximum absolute atomic E-state index is 12.3. The zero-order chi connectivity index (χ0) is 18.0. The lowest BCUT2D eigenvalue weighted by molar-refractivity contribution is -0.119. The molecule has 1 unspecified atom stereocenters. The number of halogens is 1. The van der Waals surface area contributed by atoms with Gasteiger partial charge in [-0.25, -0.2) is 8.42 Å². The summed E-state index contributed by atoms with van der Waals surface area (Å²) < 4.78 is 25.3. The van der Waals surface area contributed by atoms with Crippen molar-refractivity contribution in [1.82, 2.24) is 5.32 Å². The number of rotatable bonds is 4. The Balaban J connectivity index is 1.67. The van der Waals surface area contributed by atoms with Crippen molar-refractivity contribution in [1.29, 1.82) is 0 Å². The number of benzene rings is 2. The third-order valence-electron chi connectivity index (χ3n) is 4.14. The van der Waals surface area contributed by atoms with Gasteiger partial charge in [-0.1, -0.05) is 34.1 Å². The number of aryl methyl sites for hydroxylation is 1. The molecule has 1 atom stereocenters. The zero-order valence-electron chi connectivity index (χ0n) is 13.7. The van der Waals surface area contributed by atoms with Gasteiger partial charge in [0.25, 0.3) is 0 Å². The number of hydrogen-bond donors (Lipinski definition) is 1. The summed E-state index contributed by atoms with van der Waals surface area (Å²) in [7, 11) is -3.24. The normalized spacial score (nSPS) is 18.4. The van der Waals surface area contributed by atoms with Crippen molar-refractivity contribution in [3.63, 3.8) is 0 Å². The summed E-state index contributed by atoms with van der Waals surface area (Å²) in [5.74, 6) is 0.272. The molecule has 132 valence electrons. The van der Waals surface area contributed by atoms with Gasteiger partial charge in [0, 0.05) is 9.37 Å². The predicted octanol–water partition coefficient (Wildman–Crippen LogP) is 3.88. The molecule has 4 nitrogen and oxygen atoms in total. The van der Waals surface area contributed by atoms with E-state index in [1.54, 1.807) is 24.3 Å². The minimum atomic E-state index is -3.24. The first-order valence-electron chi connectivity index (χ1n) is 7.87. The molecule has 0 spiro atoms. The van der Waals surface area contributed by atoms with Crippen LogP contribution in [0.5, 0.6) is 0 Å². The van der Waals surface area contributed by atoms with Crippen LogP contribution in [0.15, 0.2) is 56.7 Å². The Morgan fingerprint density at radius 3 is 2.80 bits per heavy atom. The molecule has 1 heterocycles. The quantitative estimate of drug-likeness (QED) is 0.733. The molecule has 0 aromatic heterocycles. The lowest BCUT2D eigenvalue weighted by Gasteiger charge is -2.26. The van der Waals surface area contributed by atoms with Gasteiger partial charge in [-0.15, -0.1) is 11.8 Å². The van der Waals surface area contributed by atoms with Crippen molar-refractivity contribution in [3.8, 4) is 0 Å². The van der Waals surface area contributed by atoms with Crippen LogP contribution in [0, 0.1) is 6.92 Å². The van der Waals surface area contributed by atoms with Crippen molar-refractivity contribution in [2.45, 2.75) is 29.2 Å². The molecule has 0 aliphatic carbocycles. The van der Waals surface area contributed by atoms with E-state index in [0.717, 1.165) is 14.9 Å². The van der Waals surface area contributed by atoms with Gasteiger partial charge in [-0.05, 0) is 48.7 Å². The molecular weight excluding hydrogens is 422 g/mol. The average Bonchev–Trinajstić information content (AvgIpc) is 2.57. The lowest BCUT2D eigenvalue weighted by atomic mass is 10.0. The molecule has 1 amide bonds. The van der Waals surface area contributed by atoms with Crippen LogP contribution < -0.4 is 5.32 Å². The summed E-state index contributed by atoms with van der Waals surface area (Å²) in [6.07, 6.45) is 0.410. The van der Waals surface area contributed by atoms with E-state index in [-0.39, 0.29) is 17.7 Å². The van der Waals surface area contributed by atoms with Crippen LogP contribution >= 0.6 is 27.7 Å². The first-order chi connectivity index (χ1) is 11.9. The van der Waals surface area contributed by atoms with Crippen LogP contribution in [-0.2, 0) is 14.6 Å². The first-order valence-corrected chi connectivity index (χ1v) is 11.3. The number of nitrogens with one attached hydrogen (secondary N) is 1. The van der Waals surface area contributed by atoms with Gasteiger partial charge in [0.2, 0.25) is 5.91 Å². The van der Waals surface area contributed by atoms with Crippen LogP contribution in [0.4, 0.5) is 0 Å². The van der Waals surface area contributed by atoms with Gasteiger partial charge in [-0.2, -0.15) is 0 Å². The summed E-state index contributed by atoms with van der Waals surface area (Å²) in [4.78, 5) is 13.7. The van der Waals surface area contributed by atoms with Crippen LogP contribution in [0.25, 0.3) is 0 Å². The van der Waals surface area contributed by atoms with E-state index in [1.807, 2.05) is 25.1 Å². The fourth-order valence-electron chi connectivity index (χ4n) is 2.89.